The molecule has 0 atom stereocenters. The zero-order valence-electron chi connectivity index (χ0n) is 34.2. The van der Waals surface area contributed by atoms with Gasteiger partial charge in [0.2, 0.25) is 5.36 Å². The smallest absolute Gasteiger partial charge is 0.336 e. The van der Waals surface area contributed by atoms with E-state index < -0.39 is 85.6 Å². The van der Waals surface area contributed by atoms with Crippen molar-refractivity contribution in [3.63, 3.8) is 0 Å². The molecule has 3 aliphatic heterocycles. The number of anilines is 1. The van der Waals surface area contributed by atoms with Gasteiger partial charge in [-0.15, -0.1) is 0 Å². The summed E-state index contributed by atoms with van der Waals surface area (Å²) in [5, 5.41) is 21.5. The van der Waals surface area contributed by atoms with Crippen LogP contribution in [0.5, 0.6) is 0 Å². The maximum atomic E-state index is 12.4. The molecule has 7 heteroatoms. The molecular formula is C29H26N2O5. The van der Waals surface area contributed by atoms with E-state index in [1.807, 2.05) is 0 Å². The summed E-state index contributed by atoms with van der Waals surface area (Å²) in [4.78, 5) is 24.5. The average molecular weight is 499 g/mol. The summed E-state index contributed by atoms with van der Waals surface area (Å²) in [6.45, 7) is -13.3. The third-order valence-electron chi connectivity index (χ3n) is 5.76. The van der Waals surface area contributed by atoms with Crippen LogP contribution in [0.1, 0.15) is 68.1 Å². The third-order valence-corrected chi connectivity index (χ3v) is 5.76. The molecule has 0 bridgehead atoms. The molecule has 1 N–H and O–H groups in total. The van der Waals surface area contributed by atoms with Crippen LogP contribution >= 0.6 is 0 Å². The van der Waals surface area contributed by atoms with E-state index in [-0.39, 0.29) is 42.9 Å². The van der Waals surface area contributed by atoms with Gasteiger partial charge in [-0.2, -0.15) is 0 Å². The van der Waals surface area contributed by atoms with Gasteiger partial charge in [-0.05, 0) is 54.2 Å². The summed E-state index contributed by atoms with van der Waals surface area (Å²) in [7, 11) is 0. The highest BCUT2D eigenvalue weighted by Gasteiger charge is 2.24. The van der Waals surface area contributed by atoms with Crippen LogP contribution in [0.15, 0.2) is 59.0 Å². The van der Waals surface area contributed by atoms with Crippen LogP contribution in [-0.4, -0.2) is 43.0 Å². The van der Waals surface area contributed by atoms with Crippen molar-refractivity contribution in [2.24, 2.45) is 0 Å². The number of hydrogen-bond acceptors (Lipinski definition) is 5. The van der Waals surface area contributed by atoms with Gasteiger partial charge in [0.25, 0.3) is 0 Å². The van der Waals surface area contributed by atoms with Gasteiger partial charge in [0.05, 0.1) is 17.6 Å². The largest absolute Gasteiger partial charge is 0.545 e. The molecule has 0 saturated carbocycles. The Bertz CT molecular complexity index is 2210. The van der Waals surface area contributed by atoms with Crippen molar-refractivity contribution in [1.82, 2.24) is 4.58 Å². The normalized spacial score (nSPS) is 33.6. The van der Waals surface area contributed by atoms with Gasteiger partial charge in [0, 0.05) is 76.5 Å². The first-order valence-corrected chi connectivity index (χ1v) is 10.5. The highest BCUT2D eigenvalue weighted by atomic mass is 16.4. The number of carboxylic acids is 2. The Morgan fingerprint density at radius 2 is 1.72 bits per heavy atom. The van der Waals surface area contributed by atoms with Crippen LogP contribution < -0.4 is 19.9 Å². The van der Waals surface area contributed by atoms with Crippen molar-refractivity contribution in [2.45, 2.75) is 25.5 Å². The maximum Gasteiger partial charge on any atom is 0.336 e. The first-order valence-electron chi connectivity index (χ1n) is 18.5. The minimum atomic E-state index is -3.41. The number of aromatic carboxylic acids is 2. The van der Waals surface area contributed by atoms with E-state index in [0.29, 0.717) is 0 Å². The molecule has 182 valence electrons. The second-order valence-corrected chi connectivity index (χ2v) is 7.81. The Morgan fingerprint density at radius 3 is 2.44 bits per heavy atom. The lowest BCUT2D eigenvalue weighted by Crippen LogP contribution is -2.26. The number of benzene rings is 3. The summed E-state index contributed by atoms with van der Waals surface area (Å²) in [5.41, 5.74) is -1.98. The SMILES string of the molecule is [2H]C1([2H])N(c2ccc3c(-c4cc(C(=O)[O-])ccc4C(=O)O)c4ccc(=[N+]5C([2H])([2H])C([2H])([2H])C([2H])([2H])C5([2H])[2H])cc-4oc3c2)C([2H])([2H])C([2H])([2H])C1([2H])[2H]. The molecule has 4 aliphatic rings. The number of rotatable bonds is 4. The summed E-state index contributed by atoms with van der Waals surface area (Å²) in [5.74, 6) is -3.52. The number of carbonyl (C=O) groups is 2. The number of hydrogen-bond donors (Lipinski definition) is 1. The molecule has 0 unspecified atom stereocenters. The van der Waals surface area contributed by atoms with Crippen LogP contribution in [0, 0.1) is 0 Å². The van der Waals surface area contributed by atoms with Gasteiger partial charge in [-0.25, -0.2) is 9.37 Å². The molecule has 36 heavy (non-hydrogen) atoms. The Hall–Kier alpha value is -4.13. The second-order valence-electron chi connectivity index (χ2n) is 7.81. The lowest BCUT2D eigenvalue weighted by Gasteiger charge is -2.21. The lowest BCUT2D eigenvalue weighted by molar-refractivity contribution is -0.255. The highest BCUT2D eigenvalue weighted by Crippen LogP contribution is 2.42. The topological polar surface area (TPSA) is 96.8 Å². The standard InChI is InChI=1S/C29H26N2O5/c32-28(33)18-5-8-21(29(34)35)24(15-18)27-22-9-6-19(30-11-1-2-12-30)16-25(22)36-26-17-20(7-10-23(26)27)31-13-3-4-14-31/h5-10,15-17H,1-4,11-14H2,(H-,32,33,34,35)/i1D2,2D2,3D2,4D2,11D2,12D2,13D2,14D2. The van der Waals surface area contributed by atoms with Crippen molar-refractivity contribution >= 4 is 28.6 Å². The van der Waals surface area contributed by atoms with Gasteiger partial charge in [0.15, 0.2) is 0 Å². The van der Waals surface area contributed by atoms with Gasteiger partial charge in [0.1, 0.15) is 29.8 Å². The first-order chi connectivity index (χ1) is 23.5. The molecule has 0 aromatic heterocycles. The minimum absolute atomic E-state index is 0.00663. The quantitative estimate of drug-likeness (QED) is 0.342. The molecule has 2 aromatic rings. The Morgan fingerprint density at radius 1 is 0.944 bits per heavy atom. The second kappa shape index (κ2) is 8.82. The van der Waals surface area contributed by atoms with Crippen molar-refractivity contribution in [2.75, 3.05) is 30.9 Å². The third kappa shape index (κ3) is 3.81. The zero-order chi connectivity index (χ0) is 39.2. The van der Waals surface area contributed by atoms with Crippen LogP contribution in [-0.2, 0) is 0 Å². The van der Waals surface area contributed by atoms with Crippen LogP contribution in [0.3, 0.4) is 0 Å². The van der Waals surface area contributed by atoms with Crippen molar-refractivity contribution in [3.05, 3.63) is 71.1 Å². The zero-order valence-corrected chi connectivity index (χ0v) is 18.2. The molecule has 0 amide bonds. The monoisotopic (exact) mass is 498 g/mol. The number of fused-ring (bicyclic) bond motifs is 2. The van der Waals surface area contributed by atoms with E-state index in [9.17, 15) is 19.8 Å². The number of nitrogens with zero attached hydrogens (tertiary/aromatic N) is 2. The fourth-order valence-corrected chi connectivity index (χ4v) is 4.15. The molecule has 2 saturated heterocycles. The molecular weight excluding hydrogens is 456 g/mol. The number of carboxylic acid groups (broad SMARTS) is 2. The van der Waals surface area contributed by atoms with Crippen molar-refractivity contribution < 1.29 is 46.2 Å². The Kier molecular flexibility index (Phi) is 2.66. The predicted octanol–water partition coefficient (Wildman–Crippen LogP) is 3.43. The Balaban J connectivity index is 1.77. The van der Waals surface area contributed by atoms with Gasteiger partial charge < -0.3 is 24.3 Å². The van der Waals surface area contributed by atoms with E-state index in [1.54, 1.807) is 0 Å². The van der Waals surface area contributed by atoms with Crippen molar-refractivity contribution in [1.29, 1.82) is 0 Å². The molecule has 0 radical (unpaired) electrons. The molecule has 1 aliphatic carbocycles. The fraction of sp³-hybridized carbons (Fsp3) is 0.276. The molecule has 6 rings (SSSR count). The summed E-state index contributed by atoms with van der Waals surface area (Å²) in [6, 6.07) is 9.52. The minimum Gasteiger partial charge on any atom is -0.545 e. The van der Waals surface area contributed by atoms with E-state index in [2.05, 4.69) is 0 Å². The van der Waals surface area contributed by atoms with E-state index in [1.165, 1.54) is 12.1 Å². The van der Waals surface area contributed by atoms with E-state index >= 15 is 0 Å². The van der Waals surface area contributed by atoms with E-state index in [4.69, 9.17) is 26.3 Å². The summed E-state index contributed by atoms with van der Waals surface area (Å²) >= 11 is 0. The average Bonchev–Trinajstić information content (AvgIpc) is 3.14. The van der Waals surface area contributed by atoms with Crippen LogP contribution in [0.2, 0.25) is 0 Å². The molecule has 2 fully saturated rings. The van der Waals surface area contributed by atoms with Gasteiger partial charge in [-0.1, -0.05) is 6.07 Å². The molecule has 3 heterocycles. The van der Waals surface area contributed by atoms with Crippen LogP contribution in [0.25, 0.3) is 33.4 Å². The van der Waals surface area contributed by atoms with Gasteiger partial charge >= 0.3 is 5.97 Å². The fourth-order valence-electron chi connectivity index (χ4n) is 4.15. The molecule has 0 spiro atoms. The molecule has 7 nitrogen and oxygen atoms in total. The van der Waals surface area contributed by atoms with Crippen molar-refractivity contribution in [3.8, 4) is 22.5 Å². The maximum absolute atomic E-state index is 12.4. The number of carbonyl (C=O) groups excluding carboxylic acids is 1. The Labute approximate surface area is 230 Å². The van der Waals surface area contributed by atoms with E-state index in [0.717, 1.165) is 42.5 Å². The summed E-state index contributed by atoms with van der Waals surface area (Å²) < 4.78 is 139. The first kappa shape index (κ1) is 10.9. The summed E-state index contributed by atoms with van der Waals surface area (Å²) in [6.07, 6.45) is -13.6. The van der Waals surface area contributed by atoms with Gasteiger partial charge in [-0.3, -0.25) is 0 Å². The molecule has 2 aromatic carbocycles. The highest BCUT2D eigenvalue weighted by molar-refractivity contribution is 6.09. The predicted molar refractivity (Wildman–Crippen MR) is 135 cm³/mol. The van der Waals surface area contributed by atoms with Crippen LogP contribution in [0.4, 0.5) is 5.69 Å². The lowest BCUT2D eigenvalue weighted by atomic mass is 9.89.